The third-order valence-electron chi connectivity index (χ3n) is 3.24. The van der Waals surface area contributed by atoms with Crippen LogP contribution >= 0.6 is 0 Å². The average Bonchev–Trinajstić information content (AvgIpc) is 2.87. The summed E-state index contributed by atoms with van der Waals surface area (Å²) in [4.78, 5) is 14.1. The fourth-order valence-corrected chi connectivity index (χ4v) is 2.24. The van der Waals surface area contributed by atoms with Crippen LogP contribution in [0.1, 0.15) is 34.2 Å². The van der Waals surface area contributed by atoms with Gasteiger partial charge in [0.2, 0.25) is 0 Å². The van der Waals surface area contributed by atoms with Crippen molar-refractivity contribution in [3.05, 3.63) is 52.8 Å². The van der Waals surface area contributed by atoms with Crippen LogP contribution in [0.4, 0.5) is 0 Å². The number of aryl methyl sites for hydroxylation is 2. The molecule has 0 radical (unpaired) electrons. The Morgan fingerprint density at radius 3 is 2.86 bits per heavy atom. The van der Waals surface area contributed by atoms with Crippen molar-refractivity contribution in [1.29, 1.82) is 5.26 Å². The molecule has 21 heavy (non-hydrogen) atoms. The number of hydrogen-bond donors (Lipinski definition) is 0. The summed E-state index contributed by atoms with van der Waals surface area (Å²) in [6, 6.07) is 11.2. The summed E-state index contributed by atoms with van der Waals surface area (Å²) >= 11 is 0. The molecule has 0 aliphatic rings. The van der Waals surface area contributed by atoms with Gasteiger partial charge >= 0.3 is 0 Å². The second kappa shape index (κ2) is 6.23. The second-order valence-corrected chi connectivity index (χ2v) is 4.96. The van der Waals surface area contributed by atoms with Crippen LogP contribution in [0.3, 0.4) is 0 Å². The Bertz CT molecular complexity index is 697. The molecule has 0 saturated carbocycles. The number of hydrogen-bond acceptors (Lipinski definition) is 3. The summed E-state index contributed by atoms with van der Waals surface area (Å²) in [6.07, 6.45) is 0. The molecule has 1 aromatic heterocycles. The molecule has 2 rings (SSSR count). The maximum Gasteiger partial charge on any atom is 0.272 e. The van der Waals surface area contributed by atoms with E-state index in [1.54, 1.807) is 34.8 Å². The molecule has 0 fully saturated rings. The zero-order valence-corrected chi connectivity index (χ0v) is 12.5. The SMILES string of the molecule is CCn1nc(C)cc1C(=O)N(C)Cc1cccc(C#N)c1. The van der Waals surface area contributed by atoms with E-state index in [0.29, 0.717) is 24.3 Å². The highest BCUT2D eigenvalue weighted by Crippen LogP contribution is 2.11. The van der Waals surface area contributed by atoms with Gasteiger partial charge in [0.25, 0.3) is 5.91 Å². The summed E-state index contributed by atoms with van der Waals surface area (Å²) in [7, 11) is 1.75. The van der Waals surface area contributed by atoms with Crippen LogP contribution in [0.15, 0.2) is 30.3 Å². The van der Waals surface area contributed by atoms with Gasteiger partial charge in [-0.05, 0) is 37.6 Å². The standard InChI is InChI=1S/C16H18N4O/c1-4-20-15(8-12(2)18-20)16(21)19(3)11-14-7-5-6-13(9-14)10-17/h5-9H,4,11H2,1-3H3. The fourth-order valence-electron chi connectivity index (χ4n) is 2.24. The van der Waals surface area contributed by atoms with Crippen molar-refractivity contribution < 1.29 is 4.79 Å². The smallest absolute Gasteiger partial charge is 0.272 e. The maximum absolute atomic E-state index is 12.5. The Morgan fingerprint density at radius 1 is 1.43 bits per heavy atom. The Hall–Kier alpha value is -2.61. The molecule has 0 unspecified atom stereocenters. The lowest BCUT2D eigenvalue weighted by Gasteiger charge is -2.17. The Balaban J connectivity index is 2.17. The van der Waals surface area contributed by atoms with Gasteiger partial charge in [0, 0.05) is 20.1 Å². The Kier molecular flexibility index (Phi) is 4.39. The van der Waals surface area contributed by atoms with E-state index in [4.69, 9.17) is 5.26 Å². The zero-order valence-electron chi connectivity index (χ0n) is 12.5. The van der Waals surface area contributed by atoms with E-state index in [9.17, 15) is 4.79 Å². The van der Waals surface area contributed by atoms with Crippen molar-refractivity contribution in [3.8, 4) is 6.07 Å². The van der Waals surface area contributed by atoms with Crippen molar-refractivity contribution in [1.82, 2.24) is 14.7 Å². The van der Waals surface area contributed by atoms with Gasteiger partial charge in [-0.15, -0.1) is 0 Å². The van der Waals surface area contributed by atoms with Crippen LogP contribution in [0, 0.1) is 18.3 Å². The van der Waals surface area contributed by atoms with Crippen LogP contribution in [0.5, 0.6) is 0 Å². The number of nitriles is 1. The highest BCUT2D eigenvalue weighted by Gasteiger charge is 2.17. The first-order valence-electron chi connectivity index (χ1n) is 6.84. The van der Waals surface area contributed by atoms with E-state index in [0.717, 1.165) is 11.3 Å². The van der Waals surface area contributed by atoms with Crippen molar-refractivity contribution in [2.24, 2.45) is 0 Å². The van der Waals surface area contributed by atoms with Crippen molar-refractivity contribution >= 4 is 5.91 Å². The van der Waals surface area contributed by atoms with Gasteiger partial charge in [-0.2, -0.15) is 10.4 Å². The lowest BCUT2D eigenvalue weighted by atomic mass is 10.1. The molecule has 108 valence electrons. The topological polar surface area (TPSA) is 61.9 Å². The van der Waals surface area contributed by atoms with E-state index < -0.39 is 0 Å². The van der Waals surface area contributed by atoms with E-state index >= 15 is 0 Å². The Labute approximate surface area is 124 Å². The largest absolute Gasteiger partial charge is 0.336 e. The van der Waals surface area contributed by atoms with Gasteiger partial charge in [-0.1, -0.05) is 12.1 Å². The van der Waals surface area contributed by atoms with Gasteiger partial charge < -0.3 is 4.90 Å². The summed E-state index contributed by atoms with van der Waals surface area (Å²) in [5, 5.41) is 13.2. The minimum Gasteiger partial charge on any atom is -0.336 e. The van der Waals surface area contributed by atoms with Crippen LogP contribution in [0.25, 0.3) is 0 Å². The van der Waals surface area contributed by atoms with Crippen LogP contribution < -0.4 is 0 Å². The molecule has 0 aliphatic carbocycles. The van der Waals surface area contributed by atoms with Crippen LogP contribution in [-0.4, -0.2) is 27.6 Å². The summed E-state index contributed by atoms with van der Waals surface area (Å²) < 4.78 is 1.71. The van der Waals surface area contributed by atoms with Gasteiger partial charge in [0.05, 0.1) is 17.3 Å². The number of carbonyl (C=O) groups is 1. The molecule has 5 nitrogen and oxygen atoms in total. The molecule has 0 atom stereocenters. The Morgan fingerprint density at radius 2 is 2.19 bits per heavy atom. The van der Waals surface area contributed by atoms with Gasteiger partial charge in [-0.25, -0.2) is 0 Å². The highest BCUT2D eigenvalue weighted by atomic mass is 16.2. The minimum absolute atomic E-state index is 0.0696. The number of nitrogens with zero attached hydrogens (tertiary/aromatic N) is 4. The first kappa shape index (κ1) is 14.8. The monoisotopic (exact) mass is 282 g/mol. The van der Waals surface area contributed by atoms with Crippen molar-refractivity contribution in [3.63, 3.8) is 0 Å². The van der Waals surface area contributed by atoms with E-state index in [1.807, 2.05) is 26.0 Å². The normalized spacial score (nSPS) is 10.2. The molecule has 2 aromatic rings. The van der Waals surface area contributed by atoms with Gasteiger partial charge in [-0.3, -0.25) is 9.48 Å². The molecule has 5 heteroatoms. The molecule has 0 spiro atoms. The predicted octanol–water partition coefficient (Wildman–Crippen LogP) is 2.36. The number of amides is 1. The molecule has 0 saturated heterocycles. The highest BCUT2D eigenvalue weighted by molar-refractivity contribution is 5.92. The van der Waals surface area contributed by atoms with Crippen molar-refractivity contribution in [2.45, 2.75) is 26.9 Å². The first-order chi connectivity index (χ1) is 10.0. The predicted molar refractivity (Wildman–Crippen MR) is 79.6 cm³/mol. The number of benzene rings is 1. The van der Waals surface area contributed by atoms with Crippen molar-refractivity contribution in [2.75, 3.05) is 7.05 Å². The number of aromatic nitrogens is 2. The molecular weight excluding hydrogens is 264 g/mol. The van der Waals surface area contributed by atoms with Gasteiger partial charge in [0.15, 0.2) is 0 Å². The molecular formula is C16H18N4O. The summed E-state index contributed by atoms with van der Waals surface area (Å²) in [5.74, 6) is -0.0696. The summed E-state index contributed by atoms with van der Waals surface area (Å²) in [5.41, 5.74) is 2.96. The fraction of sp³-hybridized carbons (Fsp3) is 0.312. The number of carbonyl (C=O) groups excluding carboxylic acids is 1. The molecule has 0 bridgehead atoms. The summed E-state index contributed by atoms with van der Waals surface area (Å²) in [6.45, 7) is 4.95. The quantitative estimate of drug-likeness (QED) is 0.864. The second-order valence-electron chi connectivity index (χ2n) is 4.96. The third-order valence-corrected chi connectivity index (χ3v) is 3.24. The molecule has 1 amide bonds. The molecule has 1 aromatic carbocycles. The zero-order chi connectivity index (χ0) is 15.4. The first-order valence-corrected chi connectivity index (χ1v) is 6.84. The average molecular weight is 282 g/mol. The maximum atomic E-state index is 12.5. The van der Waals surface area contributed by atoms with Crippen LogP contribution in [-0.2, 0) is 13.1 Å². The van der Waals surface area contributed by atoms with Gasteiger partial charge in [0.1, 0.15) is 5.69 Å². The lowest BCUT2D eigenvalue weighted by Crippen LogP contribution is -2.28. The molecule has 1 heterocycles. The molecule has 0 aliphatic heterocycles. The molecule has 0 N–H and O–H groups in total. The van der Waals surface area contributed by atoms with E-state index in [2.05, 4.69) is 11.2 Å². The minimum atomic E-state index is -0.0696. The van der Waals surface area contributed by atoms with E-state index in [-0.39, 0.29) is 5.91 Å². The lowest BCUT2D eigenvalue weighted by molar-refractivity contribution is 0.0773. The van der Waals surface area contributed by atoms with Crippen LogP contribution in [0.2, 0.25) is 0 Å². The number of rotatable bonds is 4. The van der Waals surface area contributed by atoms with E-state index in [1.165, 1.54) is 0 Å². The third kappa shape index (κ3) is 3.29.